The van der Waals surface area contributed by atoms with Gasteiger partial charge in [-0.15, -0.1) is 0 Å². The zero-order valence-electron chi connectivity index (χ0n) is 14.9. The molecular weight excluding hydrogens is 343 g/mol. The van der Waals surface area contributed by atoms with Crippen LogP contribution in [0.1, 0.15) is 30.4 Å². The van der Waals surface area contributed by atoms with Gasteiger partial charge in [-0.25, -0.2) is 4.98 Å². The smallest absolute Gasteiger partial charge is 0.356 e. The highest BCUT2D eigenvalue weighted by Gasteiger charge is 2.30. The van der Waals surface area contributed by atoms with Crippen LogP contribution in [-0.2, 0) is 12.7 Å². The molecule has 8 heteroatoms. The topological polar surface area (TPSA) is 54.2 Å². The Morgan fingerprint density at radius 1 is 1.27 bits per heavy atom. The van der Waals surface area contributed by atoms with E-state index in [0.29, 0.717) is 31.0 Å². The minimum atomic E-state index is -4.31. The van der Waals surface area contributed by atoms with E-state index in [-0.39, 0.29) is 5.92 Å². The first-order valence-corrected chi connectivity index (χ1v) is 8.47. The number of alkyl halides is 3. The lowest BCUT2D eigenvalue weighted by Crippen LogP contribution is -2.39. The number of hydrogen-bond donors (Lipinski definition) is 2. The fourth-order valence-electron chi connectivity index (χ4n) is 2.54. The third kappa shape index (κ3) is 6.09. The average molecular weight is 367 g/mol. The first-order valence-electron chi connectivity index (χ1n) is 8.47. The molecule has 0 saturated heterocycles. The lowest BCUT2D eigenvalue weighted by molar-refractivity contribution is -0.137. The van der Waals surface area contributed by atoms with Crippen LogP contribution in [0.5, 0.6) is 0 Å². The third-order valence-corrected chi connectivity index (χ3v) is 4.10. The van der Waals surface area contributed by atoms with Gasteiger partial charge in [0.25, 0.3) is 0 Å². The SMILES string of the molecule is CN=C(NCCC(C)c1cccc(C(F)(F)F)c1)NCCn1ccnc1. The van der Waals surface area contributed by atoms with Gasteiger partial charge in [0.05, 0.1) is 11.9 Å². The Balaban J connectivity index is 1.76. The Morgan fingerprint density at radius 2 is 2.04 bits per heavy atom. The third-order valence-electron chi connectivity index (χ3n) is 4.10. The standard InChI is InChI=1S/C18H24F3N5/c1-14(15-4-3-5-16(12-15)18(19,20)21)6-7-24-17(22-2)25-9-11-26-10-8-23-13-26/h3-5,8,10,12-14H,6-7,9,11H2,1-2H3,(H2,22,24,25). The summed E-state index contributed by atoms with van der Waals surface area (Å²) in [5, 5.41) is 6.38. The first kappa shape index (κ1) is 19.8. The van der Waals surface area contributed by atoms with Gasteiger partial charge >= 0.3 is 6.18 Å². The van der Waals surface area contributed by atoms with Gasteiger partial charge in [-0.05, 0) is 24.0 Å². The summed E-state index contributed by atoms with van der Waals surface area (Å²) in [6, 6.07) is 5.51. The van der Waals surface area contributed by atoms with E-state index in [2.05, 4.69) is 20.6 Å². The Morgan fingerprint density at radius 3 is 2.69 bits per heavy atom. The quantitative estimate of drug-likeness (QED) is 0.583. The molecule has 0 bridgehead atoms. The second-order valence-electron chi connectivity index (χ2n) is 6.04. The fraction of sp³-hybridized carbons (Fsp3) is 0.444. The van der Waals surface area contributed by atoms with Crippen LogP contribution < -0.4 is 10.6 Å². The van der Waals surface area contributed by atoms with Gasteiger partial charge in [-0.1, -0.05) is 25.1 Å². The number of rotatable bonds is 7. The molecule has 0 spiro atoms. The van der Waals surface area contributed by atoms with Crippen molar-refractivity contribution in [2.24, 2.45) is 4.99 Å². The second kappa shape index (κ2) is 9.26. The molecule has 0 aliphatic carbocycles. The number of aliphatic imine (C=N–C) groups is 1. The molecule has 2 N–H and O–H groups in total. The average Bonchev–Trinajstić information content (AvgIpc) is 3.13. The molecule has 0 radical (unpaired) electrons. The zero-order valence-corrected chi connectivity index (χ0v) is 14.9. The number of benzene rings is 1. The summed E-state index contributed by atoms with van der Waals surface area (Å²) in [5.74, 6) is 0.676. The first-order chi connectivity index (χ1) is 12.4. The van der Waals surface area contributed by atoms with E-state index in [0.717, 1.165) is 12.6 Å². The Kier molecular flexibility index (Phi) is 7.06. The normalized spacial score (nSPS) is 13.5. The molecule has 142 valence electrons. The summed E-state index contributed by atoms with van der Waals surface area (Å²) in [4.78, 5) is 8.12. The Bertz CT molecular complexity index is 695. The van der Waals surface area contributed by atoms with E-state index in [1.807, 2.05) is 17.7 Å². The molecule has 0 amide bonds. The molecule has 1 atom stereocenters. The molecule has 1 unspecified atom stereocenters. The van der Waals surface area contributed by atoms with Gasteiger partial charge in [0, 0.05) is 39.1 Å². The lowest BCUT2D eigenvalue weighted by atomic mass is 9.96. The maximum absolute atomic E-state index is 12.8. The van der Waals surface area contributed by atoms with Crippen LogP contribution in [0.25, 0.3) is 0 Å². The predicted octanol–water partition coefficient (Wildman–Crippen LogP) is 3.26. The van der Waals surface area contributed by atoms with Gasteiger partial charge in [0.1, 0.15) is 0 Å². The van der Waals surface area contributed by atoms with Crippen molar-refractivity contribution in [1.82, 2.24) is 20.2 Å². The van der Waals surface area contributed by atoms with Gasteiger partial charge in [0.15, 0.2) is 5.96 Å². The molecule has 1 heterocycles. The van der Waals surface area contributed by atoms with Crippen molar-refractivity contribution in [2.45, 2.75) is 32.0 Å². The van der Waals surface area contributed by atoms with Crippen LogP contribution in [0.2, 0.25) is 0 Å². The van der Waals surface area contributed by atoms with Crippen molar-refractivity contribution in [2.75, 3.05) is 20.1 Å². The maximum Gasteiger partial charge on any atom is 0.416 e. The number of aromatic nitrogens is 2. The van der Waals surface area contributed by atoms with Crippen LogP contribution in [0.4, 0.5) is 13.2 Å². The minimum absolute atomic E-state index is 0.00820. The van der Waals surface area contributed by atoms with Crippen molar-refractivity contribution in [3.8, 4) is 0 Å². The van der Waals surface area contributed by atoms with E-state index in [9.17, 15) is 13.2 Å². The summed E-state index contributed by atoms with van der Waals surface area (Å²) < 4.78 is 40.4. The van der Waals surface area contributed by atoms with Crippen molar-refractivity contribution in [3.05, 3.63) is 54.1 Å². The van der Waals surface area contributed by atoms with Crippen LogP contribution in [-0.4, -0.2) is 35.6 Å². The van der Waals surface area contributed by atoms with Gasteiger partial charge in [-0.3, -0.25) is 4.99 Å². The van der Waals surface area contributed by atoms with E-state index >= 15 is 0 Å². The number of nitrogens with zero attached hydrogens (tertiary/aromatic N) is 3. The summed E-state index contributed by atoms with van der Waals surface area (Å²) >= 11 is 0. The predicted molar refractivity (Wildman–Crippen MR) is 96.1 cm³/mol. The fourth-order valence-corrected chi connectivity index (χ4v) is 2.54. The molecule has 0 saturated carbocycles. The van der Waals surface area contributed by atoms with E-state index in [4.69, 9.17) is 0 Å². The largest absolute Gasteiger partial charge is 0.416 e. The maximum atomic E-state index is 12.8. The van der Waals surface area contributed by atoms with Gasteiger partial charge < -0.3 is 15.2 Å². The van der Waals surface area contributed by atoms with Crippen LogP contribution >= 0.6 is 0 Å². The van der Waals surface area contributed by atoms with Crippen molar-refractivity contribution < 1.29 is 13.2 Å². The summed E-state index contributed by atoms with van der Waals surface area (Å²) in [5.41, 5.74) is 0.0801. The van der Waals surface area contributed by atoms with E-state index in [1.54, 1.807) is 25.6 Å². The molecule has 26 heavy (non-hydrogen) atoms. The summed E-state index contributed by atoms with van der Waals surface area (Å²) in [6.07, 6.45) is 1.74. The number of imidazole rings is 1. The summed E-state index contributed by atoms with van der Waals surface area (Å²) in [7, 11) is 1.68. The number of guanidine groups is 1. The van der Waals surface area contributed by atoms with Crippen molar-refractivity contribution >= 4 is 5.96 Å². The number of hydrogen-bond acceptors (Lipinski definition) is 2. The highest BCUT2D eigenvalue weighted by atomic mass is 19.4. The monoisotopic (exact) mass is 367 g/mol. The highest BCUT2D eigenvalue weighted by Crippen LogP contribution is 2.31. The summed E-state index contributed by atoms with van der Waals surface area (Å²) in [6.45, 7) is 4.00. The van der Waals surface area contributed by atoms with Gasteiger partial charge in [0.2, 0.25) is 0 Å². The molecule has 0 fully saturated rings. The van der Waals surface area contributed by atoms with Crippen molar-refractivity contribution in [3.63, 3.8) is 0 Å². The Hall–Kier alpha value is -2.51. The number of nitrogens with one attached hydrogen (secondary N) is 2. The molecule has 0 aliphatic rings. The second-order valence-corrected chi connectivity index (χ2v) is 6.04. The van der Waals surface area contributed by atoms with E-state index < -0.39 is 11.7 Å². The van der Waals surface area contributed by atoms with E-state index in [1.165, 1.54) is 12.1 Å². The number of halogens is 3. The van der Waals surface area contributed by atoms with Crippen LogP contribution in [0.3, 0.4) is 0 Å². The van der Waals surface area contributed by atoms with Gasteiger partial charge in [-0.2, -0.15) is 13.2 Å². The van der Waals surface area contributed by atoms with Crippen LogP contribution in [0.15, 0.2) is 48.0 Å². The zero-order chi connectivity index (χ0) is 19.0. The Labute approximate surface area is 151 Å². The molecular formula is C18H24F3N5. The highest BCUT2D eigenvalue weighted by molar-refractivity contribution is 5.79. The minimum Gasteiger partial charge on any atom is -0.356 e. The van der Waals surface area contributed by atoms with Crippen LogP contribution in [0, 0.1) is 0 Å². The molecule has 1 aromatic carbocycles. The molecule has 2 rings (SSSR count). The molecule has 5 nitrogen and oxygen atoms in total. The molecule has 2 aromatic rings. The molecule has 1 aromatic heterocycles. The molecule has 0 aliphatic heterocycles. The van der Waals surface area contributed by atoms with Crippen molar-refractivity contribution in [1.29, 1.82) is 0 Å². The lowest BCUT2D eigenvalue weighted by Gasteiger charge is -2.16.